The Labute approximate surface area is 66.4 Å². The predicted molar refractivity (Wildman–Crippen MR) is 40.0 cm³/mol. The van der Waals surface area contributed by atoms with Gasteiger partial charge >= 0.3 is 5.97 Å². The number of hydrogen-bond acceptors (Lipinski definition) is 3. The molecular formula is C8H14O3. The molecule has 1 atom stereocenters. The molecule has 11 heavy (non-hydrogen) atoms. The van der Waals surface area contributed by atoms with Crippen LogP contribution in [-0.2, 0) is 9.53 Å². The topological polar surface area (TPSA) is 46.5 Å². The van der Waals surface area contributed by atoms with E-state index in [-0.39, 0.29) is 5.97 Å². The predicted octanol–water partition coefficient (Wildman–Crippen LogP) is 0.853. The van der Waals surface area contributed by atoms with E-state index in [0.717, 1.165) is 6.42 Å². The number of ether oxygens (including phenoxy) is 1. The molecule has 1 heterocycles. The number of cyclic esters (lactones) is 1. The second-order valence-electron chi connectivity index (χ2n) is 3.49. The van der Waals surface area contributed by atoms with Crippen molar-refractivity contribution in [2.24, 2.45) is 0 Å². The summed E-state index contributed by atoms with van der Waals surface area (Å²) in [6.07, 6.45) is 1.29. The third kappa shape index (κ3) is 1.93. The molecule has 0 bridgehead atoms. The van der Waals surface area contributed by atoms with E-state index in [1.54, 1.807) is 13.8 Å². The highest BCUT2D eigenvalue weighted by Gasteiger charge is 2.33. The van der Waals surface area contributed by atoms with Crippen LogP contribution in [0.1, 0.15) is 33.1 Å². The molecule has 1 aliphatic heterocycles. The van der Waals surface area contributed by atoms with Crippen LogP contribution in [0.15, 0.2) is 0 Å². The summed E-state index contributed by atoms with van der Waals surface area (Å²) in [5.41, 5.74) is -0.701. The van der Waals surface area contributed by atoms with Gasteiger partial charge in [0, 0.05) is 6.42 Å². The molecule has 64 valence electrons. The molecule has 3 heteroatoms. The molecule has 0 amide bonds. The van der Waals surface area contributed by atoms with Crippen molar-refractivity contribution in [3.05, 3.63) is 0 Å². The summed E-state index contributed by atoms with van der Waals surface area (Å²) in [5, 5.41) is 9.46. The second-order valence-corrected chi connectivity index (χ2v) is 3.49. The first-order chi connectivity index (χ1) is 5.02. The van der Waals surface area contributed by atoms with Crippen molar-refractivity contribution < 1.29 is 14.6 Å². The first kappa shape index (κ1) is 8.53. The monoisotopic (exact) mass is 158 g/mol. The lowest BCUT2D eigenvalue weighted by molar-refractivity contribution is -0.163. The maximum Gasteiger partial charge on any atom is 0.306 e. The average molecular weight is 158 g/mol. The van der Waals surface area contributed by atoms with Crippen molar-refractivity contribution in [2.45, 2.75) is 44.8 Å². The quantitative estimate of drug-likeness (QED) is 0.532. The van der Waals surface area contributed by atoms with Gasteiger partial charge in [-0.2, -0.15) is 0 Å². The van der Waals surface area contributed by atoms with Gasteiger partial charge < -0.3 is 9.84 Å². The van der Waals surface area contributed by atoms with Crippen LogP contribution in [0.25, 0.3) is 0 Å². The van der Waals surface area contributed by atoms with Gasteiger partial charge in [0.25, 0.3) is 0 Å². The van der Waals surface area contributed by atoms with Crippen LogP contribution in [-0.4, -0.2) is 22.8 Å². The molecular weight excluding hydrogens is 144 g/mol. The Kier molecular flexibility index (Phi) is 2.18. The lowest BCUT2D eigenvalue weighted by atomic mass is 9.98. The largest absolute Gasteiger partial charge is 0.457 e. The minimum absolute atomic E-state index is 0.202. The Hall–Kier alpha value is -0.570. The minimum Gasteiger partial charge on any atom is -0.457 e. The molecule has 0 aromatic rings. The highest BCUT2D eigenvalue weighted by Crippen LogP contribution is 2.24. The number of carbonyl (C=O) groups excluding carboxylic acids is 1. The Balaban J connectivity index is 2.68. The van der Waals surface area contributed by atoms with Gasteiger partial charge in [0.05, 0.1) is 6.10 Å². The molecule has 0 unspecified atom stereocenters. The fraction of sp³-hybridized carbons (Fsp3) is 0.875. The lowest BCUT2D eigenvalue weighted by Gasteiger charge is -2.27. The number of aliphatic hydroxyl groups excluding tert-OH is 1. The van der Waals surface area contributed by atoms with Crippen molar-refractivity contribution in [1.82, 2.24) is 0 Å². The zero-order valence-electron chi connectivity index (χ0n) is 6.96. The van der Waals surface area contributed by atoms with Crippen molar-refractivity contribution >= 4 is 5.97 Å². The first-order valence-corrected chi connectivity index (χ1v) is 3.92. The molecule has 0 radical (unpaired) electrons. The van der Waals surface area contributed by atoms with E-state index < -0.39 is 11.7 Å². The summed E-state index contributed by atoms with van der Waals surface area (Å²) in [6, 6.07) is 0. The molecule has 0 spiro atoms. The van der Waals surface area contributed by atoms with Crippen LogP contribution >= 0.6 is 0 Å². The smallest absolute Gasteiger partial charge is 0.306 e. The van der Waals surface area contributed by atoms with Crippen LogP contribution in [0.5, 0.6) is 0 Å². The van der Waals surface area contributed by atoms with Gasteiger partial charge in [0.2, 0.25) is 0 Å². The summed E-state index contributed by atoms with van der Waals surface area (Å²) in [4.78, 5) is 10.9. The fourth-order valence-electron chi connectivity index (χ4n) is 1.20. The van der Waals surface area contributed by atoms with Crippen LogP contribution in [0.3, 0.4) is 0 Å². The maximum atomic E-state index is 10.9. The normalized spacial score (nSPS) is 30.8. The molecule has 1 rings (SSSR count). The van der Waals surface area contributed by atoms with Gasteiger partial charge in [-0.15, -0.1) is 0 Å². The summed E-state index contributed by atoms with van der Waals surface area (Å²) >= 11 is 0. The van der Waals surface area contributed by atoms with Crippen molar-refractivity contribution in [3.63, 3.8) is 0 Å². The van der Waals surface area contributed by atoms with E-state index in [4.69, 9.17) is 4.74 Å². The Morgan fingerprint density at radius 2 is 2.27 bits per heavy atom. The van der Waals surface area contributed by atoms with E-state index in [9.17, 15) is 9.90 Å². The fourth-order valence-corrected chi connectivity index (χ4v) is 1.20. The van der Waals surface area contributed by atoms with Gasteiger partial charge in [-0.3, -0.25) is 4.79 Å². The molecule has 1 fully saturated rings. The van der Waals surface area contributed by atoms with Crippen LogP contribution < -0.4 is 0 Å². The average Bonchev–Trinajstić information content (AvgIpc) is 1.93. The van der Waals surface area contributed by atoms with Gasteiger partial charge in [-0.1, -0.05) is 0 Å². The third-order valence-corrected chi connectivity index (χ3v) is 2.04. The number of carbonyl (C=O) groups is 1. The van der Waals surface area contributed by atoms with Crippen LogP contribution in [0, 0.1) is 0 Å². The number of hydrogen-bond donors (Lipinski definition) is 1. The highest BCUT2D eigenvalue weighted by molar-refractivity contribution is 5.70. The van der Waals surface area contributed by atoms with E-state index in [0.29, 0.717) is 12.8 Å². The van der Waals surface area contributed by atoms with Gasteiger partial charge in [-0.05, 0) is 26.7 Å². The van der Waals surface area contributed by atoms with E-state index in [1.807, 2.05) is 0 Å². The molecule has 3 nitrogen and oxygen atoms in total. The summed E-state index contributed by atoms with van der Waals surface area (Å²) in [7, 11) is 0. The minimum atomic E-state index is -0.701. The third-order valence-electron chi connectivity index (χ3n) is 2.04. The van der Waals surface area contributed by atoms with Crippen LogP contribution in [0.4, 0.5) is 0 Å². The number of esters is 1. The molecule has 1 N–H and O–H groups in total. The zero-order valence-corrected chi connectivity index (χ0v) is 6.96. The summed E-state index contributed by atoms with van der Waals surface area (Å²) in [5.74, 6) is -0.202. The first-order valence-electron chi connectivity index (χ1n) is 3.92. The Bertz CT molecular complexity index is 163. The summed E-state index contributed by atoms with van der Waals surface area (Å²) < 4.78 is 5.02. The highest BCUT2D eigenvalue weighted by atomic mass is 16.6. The molecule has 0 aromatic carbocycles. The molecule has 1 aliphatic rings. The summed E-state index contributed by atoms with van der Waals surface area (Å²) in [6.45, 7) is 3.47. The number of rotatable bonds is 0. The van der Waals surface area contributed by atoms with Crippen LogP contribution in [0.2, 0.25) is 0 Å². The van der Waals surface area contributed by atoms with Gasteiger partial charge in [0.15, 0.2) is 0 Å². The zero-order chi connectivity index (χ0) is 8.48. The van der Waals surface area contributed by atoms with Crippen molar-refractivity contribution in [1.29, 1.82) is 0 Å². The Morgan fingerprint density at radius 1 is 1.64 bits per heavy atom. The van der Waals surface area contributed by atoms with E-state index in [2.05, 4.69) is 0 Å². The molecule has 0 saturated carbocycles. The Morgan fingerprint density at radius 3 is 2.91 bits per heavy atom. The van der Waals surface area contributed by atoms with E-state index in [1.165, 1.54) is 0 Å². The van der Waals surface area contributed by atoms with E-state index >= 15 is 0 Å². The molecule has 0 aromatic heterocycles. The standard InChI is InChI=1S/C8H14O3/c1-8(2)6(9)4-3-5-7(10)11-8/h6,9H,3-5H2,1-2H3/t6-/m0/s1. The molecule has 1 saturated heterocycles. The van der Waals surface area contributed by atoms with Gasteiger partial charge in [-0.25, -0.2) is 0 Å². The van der Waals surface area contributed by atoms with Gasteiger partial charge in [0.1, 0.15) is 5.60 Å². The SMILES string of the molecule is CC1(C)OC(=O)CCC[C@@H]1O. The number of aliphatic hydroxyl groups is 1. The maximum absolute atomic E-state index is 10.9. The lowest BCUT2D eigenvalue weighted by Crippen LogP contribution is -2.38. The van der Waals surface area contributed by atoms with Crippen molar-refractivity contribution in [2.75, 3.05) is 0 Å². The molecule has 0 aliphatic carbocycles. The van der Waals surface area contributed by atoms with Crippen molar-refractivity contribution in [3.8, 4) is 0 Å². The second kappa shape index (κ2) is 2.81.